The van der Waals surface area contributed by atoms with Crippen LogP contribution in [0.2, 0.25) is 0 Å². The Bertz CT molecular complexity index is 690. The molecule has 1 atom stereocenters. The van der Waals surface area contributed by atoms with Gasteiger partial charge in [-0.3, -0.25) is 14.9 Å². The maximum absolute atomic E-state index is 12.7. The van der Waals surface area contributed by atoms with Gasteiger partial charge in [0.05, 0.1) is 6.54 Å². The number of hydrogen-bond acceptors (Lipinski definition) is 4. The molecule has 0 spiro atoms. The number of nitrogens with one attached hydrogen (secondary N) is 3. The minimum absolute atomic E-state index is 0.0170. The molecule has 1 aliphatic rings. The van der Waals surface area contributed by atoms with Crippen LogP contribution in [-0.2, 0) is 4.79 Å². The molecule has 0 radical (unpaired) electrons. The number of amides is 4. The number of benzene rings is 1. The summed E-state index contributed by atoms with van der Waals surface area (Å²) in [6, 6.07) is 5.22. The van der Waals surface area contributed by atoms with Gasteiger partial charge < -0.3 is 15.5 Å². The van der Waals surface area contributed by atoms with Crippen LogP contribution in [0, 0.1) is 6.92 Å². The highest BCUT2D eigenvalue weighted by molar-refractivity contribution is 5.97. The SMILES string of the molecule is CCCNC(=O)NC(=O)CNc1ccc(C(=O)N2CCCCC2C)cc1C. The Hall–Kier alpha value is -2.57. The van der Waals surface area contributed by atoms with E-state index in [-0.39, 0.29) is 18.5 Å². The number of rotatable bonds is 6. The molecule has 1 unspecified atom stereocenters. The molecular formula is C20H30N4O3. The molecule has 27 heavy (non-hydrogen) atoms. The van der Waals surface area contributed by atoms with Gasteiger partial charge in [-0.2, -0.15) is 0 Å². The van der Waals surface area contributed by atoms with Crippen LogP contribution in [0.5, 0.6) is 0 Å². The van der Waals surface area contributed by atoms with Gasteiger partial charge in [0.1, 0.15) is 0 Å². The average molecular weight is 374 g/mol. The quantitative estimate of drug-likeness (QED) is 0.714. The number of aryl methyl sites for hydroxylation is 1. The molecular weight excluding hydrogens is 344 g/mol. The fourth-order valence-corrected chi connectivity index (χ4v) is 3.19. The summed E-state index contributed by atoms with van der Waals surface area (Å²) < 4.78 is 0. The predicted octanol–water partition coefficient (Wildman–Crippen LogP) is 2.66. The van der Waals surface area contributed by atoms with Crippen molar-refractivity contribution in [2.45, 2.75) is 52.5 Å². The van der Waals surface area contributed by atoms with Crippen molar-refractivity contribution in [1.29, 1.82) is 0 Å². The maximum Gasteiger partial charge on any atom is 0.321 e. The largest absolute Gasteiger partial charge is 0.376 e. The first-order valence-corrected chi connectivity index (χ1v) is 9.65. The number of carbonyl (C=O) groups is 3. The Kier molecular flexibility index (Phi) is 7.64. The molecule has 0 aliphatic carbocycles. The van der Waals surface area contributed by atoms with E-state index in [9.17, 15) is 14.4 Å². The minimum Gasteiger partial charge on any atom is -0.376 e. The second-order valence-electron chi connectivity index (χ2n) is 7.03. The van der Waals surface area contributed by atoms with Crippen LogP contribution in [0.1, 0.15) is 55.5 Å². The van der Waals surface area contributed by atoms with Crippen molar-refractivity contribution >= 4 is 23.5 Å². The number of piperidine rings is 1. The molecule has 1 saturated heterocycles. The lowest BCUT2D eigenvalue weighted by atomic mass is 10.0. The topological polar surface area (TPSA) is 90.5 Å². The Morgan fingerprint density at radius 2 is 2.00 bits per heavy atom. The van der Waals surface area contributed by atoms with Gasteiger partial charge in [0.25, 0.3) is 5.91 Å². The van der Waals surface area contributed by atoms with Crippen LogP contribution in [-0.4, -0.2) is 48.4 Å². The standard InChI is InChI=1S/C20H30N4O3/c1-4-10-21-20(27)23-18(25)13-22-17-9-8-16(12-14(17)2)19(26)24-11-6-5-7-15(24)3/h8-9,12,15,22H,4-7,10-11,13H2,1-3H3,(H2,21,23,25,27). The van der Waals surface area contributed by atoms with Gasteiger partial charge in [-0.25, -0.2) is 4.79 Å². The number of likely N-dealkylation sites (tertiary alicyclic amines) is 1. The third-order valence-electron chi connectivity index (χ3n) is 4.77. The summed E-state index contributed by atoms with van der Waals surface area (Å²) in [5.41, 5.74) is 2.31. The van der Waals surface area contributed by atoms with E-state index in [2.05, 4.69) is 22.9 Å². The molecule has 3 N–H and O–H groups in total. The molecule has 4 amide bonds. The highest BCUT2D eigenvalue weighted by Gasteiger charge is 2.24. The third-order valence-corrected chi connectivity index (χ3v) is 4.77. The van der Waals surface area contributed by atoms with E-state index in [4.69, 9.17) is 0 Å². The number of carbonyl (C=O) groups excluding carboxylic acids is 3. The van der Waals surface area contributed by atoms with Crippen LogP contribution in [0.15, 0.2) is 18.2 Å². The smallest absolute Gasteiger partial charge is 0.321 e. The summed E-state index contributed by atoms with van der Waals surface area (Å²) in [5, 5.41) is 7.87. The predicted molar refractivity (Wildman–Crippen MR) is 106 cm³/mol. The first-order chi connectivity index (χ1) is 12.9. The first kappa shape index (κ1) is 20.7. The zero-order valence-electron chi connectivity index (χ0n) is 16.4. The summed E-state index contributed by atoms with van der Waals surface area (Å²) in [7, 11) is 0. The monoisotopic (exact) mass is 374 g/mol. The minimum atomic E-state index is -0.489. The molecule has 0 aromatic heterocycles. The van der Waals surface area contributed by atoms with E-state index < -0.39 is 11.9 Å². The number of hydrogen-bond donors (Lipinski definition) is 3. The Morgan fingerprint density at radius 1 is 1.22 bits per heavy atom. The summed E-state index contributed by atoms with van der Waals surface area (Å²) in [4.78, 5) is 38.0. The van der Waals surface area contributed by atoms with Crippen molar-refractivity contribution in [2.24, 2.45) is 0 Å². The Morgan fingerprint density at radius 3 is 2.67 bits per heavy atom. The second-order valence-corrected chi connectivity index (χ2v) is 7.03. The van der Waals surface area contributed by atoms with Crippen molar-refractivity contribution < 1.29 is 14.4 Å². The van der Waals surface area contributed by atoms with E-state index >= 15 is 0 Å². The van der Waals surface area contributed by atoms with E-state index in [1.165, 1.54) is 6.42 Å². The molecule has 1 aliphatic heterocycles. The van der Waals surface area contributed by atoms with Gasteiger partial charge in [0.2, 0.25) is 5.91 Å². The van der Waals surface area contributed by atoms with Gasteiger partial charge in [-0.15, -0.1) is 0 Å². The lowest BCUT2D eigenvalue weighted by molar-refractivity contribution is -0.118. The van der Waals surface area contributed by atoms with Crippen LogP contribution in [0.4, 0.5) is 10.5 Å². The lowest BCUT2D eigenvalue weighted by Crippen LogP contribution is -2.42. The summed E-state index contributed by atoms with van der Waals surface area (Å²) >= 11 is 0. The molecule has 148 valence electrons. The Balaban J connectivity index is 1.91. The van der Waals surface area contributed by atoms with Crippen molar-refractivity contribution in [3.63, 3.8) is 0 Å². The van der Waals surface area contributed by atoms with Crippen LogP contribution >= 0.6 is 0 Å². The van der Waals surface area contributed by atoms with Gasteiger partial charge >= 0.3 is 6.03 Å². The molecule has 7 heteroatoms. The van der Waals surface area contributed by atoms with Gasteiger partial charge in [0.15, 0.2) is 0 Å². The maximum atomic E-state index is 12.7. The number of imide groups is 1. The summed E-state index contributed by atoms with van der Waals surface area (Å²) in [6.07, 6.45) is 4.08. The van der Waals surface area contributed by atoms with E-state index in [0.29, 0.717) is 12.1 Å². The summed E-state index contributed by atoms with van der Waals surface area (Å²) in [5.74, 6) is -0.354. The molecule has 1 fully saturated rings. The highest BCUT2D eigenvalue weighted by atomic mass is 16.2. The zero-order chi connectivity index (χ0) is 19.8. The molecule has 1 aromatic rings. The molecule has 7 nitrogen and oxygen atoms in total. The Labute approximate surface area is 160 Å². The fraction of sp³-hybridized carbons (Fsp3) is 0.550. The lowest BCUT2D eigenvalue weighted by Gasteiger charge is -2.33. The fourth-order valence-electron chi connectivity index (χ4n) is 3.19. The van der Waals surface area contributed by atoms with Crippen LogP contribution < -0.4 is 16.0 Å². The zero-order valence-corrected chi connectivity index (χ0v) is 16.4. The van der Waals surface area contributed by atoms with E-state index in [1.54, 1.807) is 6.07 Å². The van der Waals surface area contributed by atoms with Crippen LogP contribution in [0.25, 0.3) is 0 Å². The number of nitrogens with zero attached hydrogens (tertiary/aromatic N) is 1. The van der Waals surface area contributed by atoms with Crippen molar-refractivity contribution in [3.05, 3.63) is 29.3 Å². The second kappa shape index (κ2) is 9.94. The third kappa shape index (κ3) is 5.98. The molecule has 1 heterocycles. The summed E-state index contributed by atoms with van der Waals surface area (Å²) in [6.45, 7) is 7.24. The van der Waals surface area contributed by atoms with Gasteiger partial charge in [-0.05, 0) is 63.3 Å². The molecule has 2 rings (SSSR count). The van der Waals surface area contributed by atoms with Crippen LogP contribution in [0.3, 0.4) is 0 Å². The van der Waals surface area contributed by atoms with Crippen molar-refractivity contribution in [2.75, 3.05) is 25.0 Å². The van der Waals surface area contributed by atoms with Crippen molar-refractivity contribution in [3.8, 4) is 0 Å². The number of urea groups is 1. The molecule has 1 aromatic carbocycles. The first-order valence-electron chi connectivity index (χ1n) is 9.65. The van der Waals surface area contributed by atoms with Gasteiger partial charge in [-0.1, -0.05) is 6.92 Å². The molecule has 0 saturated carbocycles. The van der Waals surface area contributed by atoms with Crippen molar-refractivity contribution in [1.82, 2.24) is 15.5 Å². The average Bonchev–Trinajstić information content (AvgIpc) is 2.65. The highest BCUT2D eigenvalue weighted by Crippen LogP contribution is 2.22. The van der Waals surface area contributed by atoms with E-state index in [0.717, 1.165) is 37.1 Å². The number of anilines is 1. The molecule has 0 bridgehead atoms. The van der Waals surface area contributed by atoms with Gasteiger partial charge in [0, 0.05) is 30.4 Å². The van der Waals surface area contributed by atoms with E-state index in [1.807, 2.05) is 30.9 Å². The normalized spacial score (nSPS) is 16.6.